The SMILES string of the molecule is CC(NNCC(=O)O)C(=O)O. The van der Waals surface area contributed by atoms with E-state index >= 15 is 0 Å². The van der Waals surface area contributed by atoms with E-state index in [2.05, 4.69) is 10.9 Å². The van der Waals surface area contributed by atoms with E-state index in [1.54, 1.807) is 0 Å². The summed E-state index contributed by atoms with van der Waals surface area (Å²) in [5.74, 6) is -2.09. The van der Waals surface area contributed by atoms with E-state index in [-0.39, 0.29) is 6.54 Å². The van der Waals surface area contributed by atoms with Gasteiger partial charge in [-0.1, -0.05) is 0 Å². The second-order valence-electron chi connectivity index (χ2n) is 1.95. The van der Waals surface area contributed by atoms with Gasteiger partial charge < -0.3 is 10.2 Å². The summed E-state index contributed by atoms with van der Waals surface area (Å²) in [6.07, 6.45) is 0. The molecule has 0 fully saturated rings. The van der Waals surface area contributed by atoms with Crippen molar-refractivity contribution < 1.29 is 19.8 Å². The highest BCUT2D eigenvalue weighted by Crippen LogP contribution is 1.75. The van der Waals surface area contributed by atoms with Crippen LogP contribution in [0.4, 0.5) is 0 Å². The number of aliphatic carboxylic acids is 2. The molecular formula is C5H10N2O4. The molecule has 1 unspecified atom stereocenters. The molecule has 0 radical (unpaired) electrons. The molecule has 11 heavy (non-hydrogen) atoms. The Balaban J connectivity index is 3.39. The summed E-state index contributed by atoms with van der Waals surface area (Å²) in [5, 5.41) is 16.4. The zero-order valence-corrected chi connectivity index (χ0v) is 6.00. The molecule has 0 amide bonds. The summed E-state index contributed by atoms with van der Waals surface area (Å²) >= 11 is 0. The molecule has 1 atom stereocenters. The Morgan fingerprint density at radius 3 is 2.36 bits per heavy atom. The molecular weight excluding hydrogens is 152 g/mol. The molecule has 4 N–H and O–H groups in total. The van der Waals surface area contributed by atoms with Crippen molar-refractivity contribution in [3.05, 3.63) is 0 Å². The zero-order valence-electron chi connectivity index (χ0n) is 6.00. The third kappa shape index (κ3) is 5.31. The Labute approximate surface area is 63.2 Å². The molecule has 0 aliphatic carbocycles. The van der Waals surface area contributed by atoms with Gasteiger partial charge in [0.1, 0.15) is 12.6 Å². The second-order valence-corrected chi connectivity index (χ2v) is 1.95. The van der Waals surface area contributed by atoms with E-state index in [9.17, 15) is 9.59 Å². The largest absolute Gasteiger partial charge is 0.480 e. The highest BCUT2D eigenvalue weighted by Gasteiger charge is 2.08. The number of carboxylic acids is 2. The predicted molar refractivity (Wildman–Crippen MR) is 35.9 cm³/mol. The van der Waals surface area contributed by atoms with Crippen LogP contribution in [0.3, 0.4) is 0 Å². The Morgan fingerprint density at radius 2 is 2.00 bits per heavy atom. The molecule has 0 heterocycles. The van der Waals surface area contributed by atoms with Crippen LogP contribution in [0.1, 0.15) is 6.92 Å². The van der Waals surface area contributed by atoms with Crippen LogP contribution in [-0.2, 0) is 9.59 Å². The van der Waals surface area contributed by atoms with Crippen molar-refractivity contribution >= 4 is 11.9 Å². The minimum atomic E-state index is -1.05. The predicted octanol–water partition coefficient (Wildman–Crippen LogP) is -1.36. The van der Waals surface area contributed by atoms with Crippen molar-refractivity contribution in [2.24, 2.45) is 0 Å². The summed E-state index contributed by atoms with van der Waals surface area (Å²) in [4.78, 5) is 20.0. The minimum Gasteiger partial charge on any atom is -0.480 e. The minimum absolute atomic E-state index is 0.308. The molecule has 0 aromatic rings. The molecule has 0 bridgehead atoms. The standard InChI is InChI=1S/C5H10N2O4/c1-3(5(10)11)7-6-2-4(8)9/h3,6-7H,2H2,1H3,(H,8,9)(H,10,11). The molecule has 0 aliphatic rings. The first-order chi connectivity index (χ1) is 5.04. The van der Waals surface area contributed by atoms with Crippen molar-refractivity contribution in [2.45, 2.75) is 13.0 Å². The first kappa shape index (κ1) is 9.86. The topological polar surface area (TPSA) is 98.7 Å². The fraction of sp³-hybridized carbons (Fsp3) is 0.600. The fourth-order valence-corrected chi connectivity index (χ4v) is 0.341. The average molecular weight is 162 g/mol. The maximum atomic E-state index is 10.1. The maximum Gasteiger partial charge on any atom is 0.321 e. The van der Waals surface area contributed by atoms with Gasteiger partial charge in [0.2, 0.25) is 0 Å². The monoisotopic (exact) mass is 162 g/mol. The van der Waals surface area contributed by atoms with Gasteiger partial charge in [-0.15, -0.1) is 0 Å². The van der Waals surface area contributed by atoms with Crippen LogP contribution in [0.25, 0.3) is 0 Å². The molecule has 6 heteroatoms. The van der Waals surface area contributed by atoms with E-state index in [4.69, 9.17) is 10.2 Å². The lowest BCUT2D eigenvalue weighted by atomic mass is 10.4. The van der Waals surface area contributed by atoms with Crippen LogP contribution in [0.2, 0.25) is 0 Å². The van der Waals surface area contributed by atoms with Gasteiger partial charge in [0, 0.05) is 0 Å². The fourth-order valence-electron chi connectivity index (χ4n) is 0.341. The Kier molecular flexibility index (Phi) is 4.16. The molecule has 0 aromatic carbocycles. The van der Waals surface area contributed by atoms with Gasteiger partial charge in [-0.2, -0.15) is 0 Å². The van der Waals surface area contributed by atoms with Crippen LogP contribution in [0.15, 0.2) is 0 Å². The molecule has 0 saturated carbocycles. The lowest BCUT2D eigenvalue weighted by molar-refractivity contribution is -0.140. The van der Waals surface area contributed by atoms with Crippen LogP contribution in [-0.4, -0.2) is 34.7 Å². The zero-order chi connectivity index (χ0) is 8.85. The van der Waals surface area contributed by atoms with Gasteiger partial charge >= 0.3 is 11.9 Å². The summed E-state index contributed by atoms with van der Waals surface area (Å²) in [6.45, 7) is 1.09. The average Bonchev–Trinajstić information content (AvgIpc) is 1.86. The van der Waals surface area contributed by atoms with Crippen molar-refractivity contribution in [2.75, 3.05) is 6.54 Å². The van der Waals surface area contributed by atoms with Gasteiger partial charge in [-0.05, 0) is 6.92 Å². The van der Waals surface area contributed by atoms with E-state index in [0.29, 0.717) is 0 Å². The van der Waals surface area contributed by atoms with Crippen LogP contribution >= 0.6 is 0 Å². The first-order valence-electron chi connectivity index (χ1n) is 2.97. The van der Waals surface area contributed by atoms with Crippen molar-refractivity contribution in [3.63, 3.8) is 0 Å². The highest BCUT2D eigenvalue weighted by molar-refractivity contribution is 5.73. The molecule has 0 saturated heterocycles. The molecule has 6 nitrogen and oxygen atoms in total. The van der Waals surface area contributed by atoms with E-state index in [1.165, 1.54) is 6.92 Å². The van der Waals surface area contributed by atoms with Crippen LogP contribution < -0.4 is 10.9 Å². The number of hydrazine groups is 1. The molecule has 0 spiro atoms. The van der Waals surface area contributed by atoms with Crippen molar-refractivity contribution in [3.8, 4) is 0 Å². The molecule has 0 aromatic heterocycles. The van der Waals surface area contributed by atoms with Crippen LogP contribution in [0.5, 0.6) is 0 Å². The van der Waals surface area contributed by atoms with Crippen LogP contribution in [0, 0.1) is 0 Å². The third-order valence-electron chi connectivity index (χ3n) is 0.929. The highest BCUT2D eigenvalue weighted by atomic mass is 16.4. The summed E-state index contributed by atoms with van der Waals surface area (Å²) < 4.78 is 0. The Bertz CT molecular complexity index is 159. The Morgan fingerprint density at radius 1 is 1.45 bits per heavy atom. The lowest BCUT2D eigenvalue weighted by Crippen LogP contribution is -2.45. The number of nitrogens with one attached hydrogen (secondary N) is 2. The Hall–Kier alpha value is -1.14. The molecule has 64 valence electrons. The van der Waals surface area contributed by atoms with E-state index in [1.807, 2.05) is 0 Å². The molecule has 0 aliphatic heterocycles. The van der Waals surface area contributed by atoms with E-state index < -0.39 is 18.0 Å². The summed E-state index contributed by atoms with van der Waals surface area (Å²) in [7, 11) is 0. The number of hydrogen-bond acceptors (Lipinski definition) is 4. The normalized spacial score (nSPS) is 12.5. The molecule has 0 rings (SSSR count). The third-order valence-corrected chi connectivity index (χ3v) is 0.929. The summed E-state index contributed by atoms with van der Waals surface area (Å²) in [5.41, 5.74) is 4.52. The number of carbonyl (C=O) groups is 2. The van der Waals surface area contributed by atoms with Gasteiger partial charge in [0.05, 0.1) is 0 Å². The number of hydrogen-bond donors (Lipinski definition) is 4. The quantitative estimate of drug-likeness (QED) is 0.372. The van der Waals surface area contributed by atoms with Crippen molar-refractivity contribution in [1.82, 2.24) is 10.9 Å². The van der Waals surface area contributed by atoms with E-state index in [0.717, 1.165) is 0 Å². The van der Waals surface area contributed by atoms with Gasteiger partial charge in [-0.3, -0.25) is 9.59 Å². The van der Waals surface area contributed by atoms with Gasteiger partial charge in [-0.25, -0.2) is 10.9 Å². The van der Waals surface area contributed by atoms with Gasteiger partial charge in [0.15, 0.2) is 0 Å². The lowest BCUT2D eigenvalue weighted by Gasteiger charge is -2.07. The smallest absolute Gasteiger partial charge is 0.321 e. The number of carboxylic acid groups (broad SMARTS) is 2. The van der Waals surface area contributed by atoms with Gasteiger partial charge in [0.25, 0.3) is 0 Å². The first-order valence-corrected chi connectivity index (χ1v) is 2.97. The summed E-state index contributed by atoms with van der Waals surface area (Å²) in [6, 6.07) is -0.797. The number of rotatable bonds is 5. The maximum absolute atomic E-state index is 10.1. The second kappa shape index (κ2) is 4.64. The van der Waals surface area contributed by atoms with Crippen molar-refractivity contribution in [1.29, 1.82) is 0 Å².